The summed E-state index contributed by atoms with van der Waals surface area (Å²) in [6.07, 6.45) is -4.36. The van der Waals surface area contributed by atoms with E-state index in [1.807, 2.05) is 0 Å². The fourth-order valence-electron chi connectivity index (χ4n) is 1.63. The SMILES string of the molecule is CCOC(=O)CC(C)(C)Oc1ccc(C(F)(F)F)cc1. The minimum Gasteiger partial charge on any atom is -0.487 e. The summed E-state index contributed by atoms with van der Waals surface area (Å²) < 4.78 is 47.6. The van der Waals surface area contributed by atoms with E-state index in [0.29, 0.717) is 0 Å². The van der Waals surface area contributed by atoms with E-state index in [2.05, 4.69) is 0 Å². The fourth-order valence-corrected chi connectivity index (χ4v) is 1.63. The van der Waals surface area contributed by atoms with Crippen molar-refractivity contribution in [2.24, 2.45) is 0 Å². The molecule has 0 saturated heterocycles. The first-order valence-electron chi connectivity index (χ1n) is 6.16. The standard InChI is InChI=1S/C14H17F3O3/c1-4-19-12(18)9-13(2,3)20-11-7-5-10(6-8-11)14(15,16)17/h5-8H,4,9H2,1-3H3. The number of hydrogen-bond acceptors (Lipinski definition) is 3. The van der Waals surface area contributed by atoms with Crippen LogP contribution in [0, 0.1) is 0 Å². The molecule has 0 aliphatic rings. The lowest BCUT2D eigenvalue weighted by Crippen LogP contribution is -2.32. The number of esters is 1. The predicted octanol–water partition coefficient (Wildman–Crippen LogP) is 3.82. The lowest BCUT2D eigenvalue weighted by Gasteiger charge is -2.25. The molecule has 0 radical (unpaired) electrons. The van der Waals surface area contributed by atoms with Crippen LogP contribution in [0.5, 0.6) is 5.75 Å². The summed E-state index contributed by atoms with van der Waals surface area (Å²) in [5.41, 5.74) is -1.60. The molecule has 0 N–H and O–H groups in total. The van der Waals surface area contributed by atoms with Gasteiger partial charge in [-0.15, -0.1) is 0 Å². The zero-order chi connectivity index (χ0) is 15.4. The van der Waals surface area contributed by atoms with E-state index < -0.39 is 23.3 Å². The summed E-state index contributed by atoms with van der Waals surface area (Å²) in [5, 5.41) is 0. The summed E-state index contributed by atoms with van der Waals surface area (Å²) in [4.78, 5) is 11.4. The molecular formula is C14H17F3O3. The summed E-state index contributed by atoms with van der Waals surface area (Å²) >= 11 is 0. The monoisotopic (exact) mass is 290 g/mol. The van der Waals surface area contributed by atoms with Crippen LogP contribution in [0.4, 0.5) is 13.2 Å². The van der Waals surface area contributed by atoms with Crippen LogP contribution in [-0.2, 0) is 15.7 Å². The zero-order valence-corrected chi connectivity index (χ0v) is 11.6. The molecule has 1 rings (SSSR count). The highest BCUT2D eigenvalue weighted by Gasteiger charge is 2.30. The average Bonchev–Trinajstić information content (AvgIpc) is 2.27. The van der Waals surface area contributed by atoms with Gasteiger partial charge in [0.15, 0.2) is 0 Å². The highest BCUT2D eigenvalue weighted by atomic mass is 19.4. The number of alkyl halides is 3. The second-order valence-corrected chi connectivity index (χ2v) is 4.87. The van der Waals surface area contributed by atoms with Crippen molar-refractivity contribution in [1.82, 2.24) is 0 Å². The van der Waals surface area contributed by atoms with Gasteiger partial charge in [0.2, 0.25) is 0 Å². The van der Waals surface area contributed by atoms with Gasteiger partial charge in [-0.2, -0.15) is 13.2 Å². The highest BCUT2D eigenvalue weighted by Crippen LogP contribution is 2.31. The summed E-state index contributed by atoms with van der Waals surface area (Å²) in [6, 6.07) is 4.34. The Balaban J connectivity index is 2.70. The number of halogens is 3. The third-order valence-electron chi connectivity index (χ3n) is 2.45. The van der Waals surface area contributed by atoms with Crippen molar-refractivity contribution in [1.29, 1.82) is 0 Å². The number of hydrogen-bond donors (Lipinski definition) is 0. The van der Waals surface area contributed by atoms with Crippen molar-refractivity contribution < 1.29 is 27.4 Å². The number of carbonyl (C=O) groups excluding carboxylic acids is 1. The zero-order valence-electron chi connectivity index (χ0n) is 11.6. The molecule has 1 aromatic carbocycles. The summed E-state index contributed by atoms with van der Waals surface area (Å²) in [5.74, 6) is -0.142. The van der Waals surface area contributed by atoms with Crippen molar-refractivity contribution in [3.05, 3.63) is 29.8 Å². The first kappa shape index (κ1) is 16.3. The van der Waals surface area contributed by atoms with Crippen LogP contribution in [-0.4, -0.2) is 18.2 Å². The Bertz CT molecular complexity index is 450. The maximum Gasteiger partial charge on any atom is 0.416 e. The molecule has 6 heteroatoms. The first-order chi connectivity index (χ1) is 9.14. The molecule has 0 unspecified atom stereocenters. The second kappa shape index (κ2) is 6.15. The molecule has 0 spiro atoms. The molecule has 0 saturated carbocycles. The molecule has 3 nitrogen and oxygen atoms in total. The van der Waals surface area contributed by atoms with Crippen LogP contribution < -0.4 is 4.74 Å². The minimum absolute atomic E-state index is 0.0157. The Hall–Kier alpha value is -1.72. The molecule has 0 heterocycles. The van der Waals surface area contributed by atoms with Crippen LogP contribution in [0.2, 0.25) is 0 Å². The van der Waals surface area contributed by atoms with Crippen LogP contribution in [0.15, 0.2) is 24.3 Å². The van der Waals surface area contributed by atoms with Gasteiger partial charge in [0.05, 0.1) is 18.6 Å². The Labute approximate surface area is 115 Å². The van der Waals surface area contributed by atoms with Gasteiger partial charge < -0.3 is 9.47 Å². The van der Waals surface area contributed by atoms with E-state index >= 15 is 0 Å². The Morgan fingerprint density at radius 1 is 1.15 bits per heavy atom. The Kier molecular flexibility index (Phi) is 5.03. The second-order valence-electron chi connectivity index (χ2n) is 4.87. The van der Waals surface area contributed by atoms with Crippen LogP contribution in [0.1, 0.15) is 32.8 Å². The van der Waals surface area contributed by atoms with E-state index in [1.165, 1.54) is 12.1 Å². The van der Waals surface area contributed by atoms with Gasteiger partial charge in [0.25, 0.3) is 0 Å². The molecule has 0 aliphatic heterocycles. The van der Waals surface area contributed by atoms with E-state index in [4.69, 9.17) is 9.47 Å². The normalized spacial score (nSPS) is 12.1. The highest BCUT2D eigenvalue weighted by molar-refractivity contribution is 5.70. The predicted molar refractivity (Wildman–Crippen MR) is 67.4 cm³/mol. The number of carbonyl (C=O) groups is 1. The smallest absolute Gasteiger partial charge is 0.416 e. The van der Waals surface area contributed by atoms with Crippen molar-refractivity contribution in [3.8, 4) is 5.75 Å². The topological polar surface area (TPSA) is 35.5 Å². The maximum atomic E-state index is 12.4. The summed E-state index contributed by atoms with van der Waals surface area (Å²) in [6.45, 7) is 5.31. The molecule has 112 valence electrons. The average molecular weight is 290 g/mol. The van der Waals surface area contributed by atoms with E-state index in [-0.39, 0.29) is 18.8 Å². The lowest BCUT2D eigenvalue weighted by molar-refractivity contribution is -0.146. The van der Waals surface area contributed by atoms with Gasteiger partial charge in [-0.25, -0.2) is 0 Å². The van der Waals surface area contributed by atoms with Gasteiger partial charge >= 0.3 is 12.1 Å². The fraction of sp³-hybridized carbons (Fsp3) is 0.500. The Morgan fingerprint density at radius 2 is 1.70 bits per heavy atom. The molecule has 20 heavy (non-hydrogen) atoms. The van der Waals surface area contributed by atoms with Crippen molar-refractivity contribution in [2.45, 2.75) is 39.0 Å². The van der Waals surface area contributed by atoms with E-state index in [9.17, 15) is 18.0 Å². The lowest BCUT2D eigenvalue weighted by atomic mass is 10.1. The first-order valence-corrected chi connectivity index (χ1v) is 6.16. The molecule has 0 amide bonds. The molecule has 0 bridgehead atoms. The molecule has 0 aromatic heterocycles. The van der Waals surface area contributed by atoms with Crippen LogP contribution in [0.3, 0.4) is 0 Å². The van der Waals surface area contributed by atoms with Crippen molar-refractivity contribution in [2.75, 3.05) is 6.61 Å². The number of rotatable bonds is 5. The largest absolute Gasteiger partial charge is 0.487 e. The molecule has 0 atom stereocenters. The molecule has 1 aromatic rings. The van der Waals surface area contributed by atoms with E-state index in [0.717, 1.165) is 12.1 Å². The van der Waals surface area contributed by atoms with Gasteiger partial charge in [0, 0.05) is 0 Å². The third-order valence-corrected chi connectivity index (χ3v) is 2.45. The van der Waals surface area contributed by atoms with Gasteiger partial charge in [0.1, 0.15) is 11.4 Å². The van der Waals surface area contributed by atoms with Crippen LogP contribution in [0.25, 0.3) is 0 Å². The van der Waals surface area contributed by atoms with Crippen molar-refractivity contribution in [3.63, 3.8) is 0 Å². The maximum absolute atomic E-state index is 12.4. The quantitative estimate of drug-likeness (QED) is 0.773. The van der Waals surface area contributed by atoms with Crippen molar-refractivity contribution >= 4 is 5.97 Å². The Morgan fingerprint density at radius 3 is 2.15 bits per heavy atom. The van der Waals surface area contributed by atoms with Gasteiger partial charge in [-0.1, -0.05) is 0 Å². The van der Waals surface area contributed by atoms with Crippen LogP contribution >= 0.6 is 0 Å². The number of benzene rings is 1. The van der Waals surface area contributed by atoms with Gasteiger partial charge in [-0.3, -0.25) is 4.79 Å². The molecule has 0 fully saturated rings. The van der Waals surface area contributed by atoms with Gasteiger partial charge in [-0.05, 0) is 45.0 Å². The third kappa shape index (κ3) is 5.11. The minimum atomic E-state index is -4.38. The van der Waals surface area contributed by atoms with E-state index in [1.54, 1.807) is 20.8 Å². The molecule has 0 aliphatic carbocycles. The summed E-state index contributed by atoms with van der Waals surface area (Å²) in [7, 11) is 0. The molecular weight excluding hydrogens is 273 g/mol. The number of ether oxygens (including phenoxy) is 2.